The van der Waals surface area contributed by atoms with Gasteiger partial charge in [-0.3, -0.25) is 67.1 Å². The van der Waals surface area contributed by atoms with E-state index in [4.69, 9.17) is 27.7 Å². The van der Waals surface area contributed by atoms with E-state index in [0.29, 0.717) is 46.7 Å². The number of halogens is 1. The number of aromatic amines is 1. The third-order valence-corrected chi connectivity index (χ3v) is 20.3. The molecule has 3 heterocycles. The second-order valence-corrected chi connectivity index (χ2v) is 29.5. The predicted octanol–water partition coefficient (Wildman–Crippen LogP) is -1.48. The van der Waals surface area contributed by atoms with Crippen molar-refractivity contribution >= 4 is 100 Å². The van der Waals surface area contributed by atoms with Crippen LogP contribution in [0.15, 0.2) is 66.7 Å². The van der Waals surface area contributed by atoms with E-state index in [1.54, 1.807) is 77.1 Å². The first-order valence-corrected chi connectivity index (χ1v) is 39.1. The Labute approximate surface area is 673 Å². The number of carbonyl (C=O) groups excluding carboxylic acids is 14. The van der Waals surface area contributed by atoms with Gasteiger partial charge in [0.15, 0.2) is 0 Å². The molecule has 0 bridgehead atoms. The van der Waals surface area contributed by atoms with Gasteiger partial charge in [0.05, 0.1) is 34.9 Å². The molecule has 2 aliphatic heterocycles. The van der Waals surface area contributed by atoms with E-state index >= 15 is 4.39 Å². The largest absolute Gasteiger partial charge is 0.461 e. The number of ether oxygens (including phenoxy) is 1. The summed E-state index contributed by atoms with van der Waals surface area (Å²) < 4.78 is 20.9. The number of esters is 1. The highest BCUT2D eigenvalue weighted by atomic mass is 19.1. The lowest BCUT2D eigenvalue weighted by Crippen LogP contribution is -2.61. The highest BCUT2D eigenvalue weighted by molar-refractivity contribution is 6.44. The van der Waals surface area contributed by atoms with Crippen molar-refractivity contribution in [2.24, 2.45) is 40.7 Å². The van der Waals surface area contributed by atoms with Gasteiger partial charge in [-0.2, -0.15) is 0 Å². The van der Waals surface area contributed by atoms with Crippen LogP contribution in [0.1, 0.15) is 154 Å². The van der Waals surface area contributed by atoms with Crippen LogP contribution in [-0.2, 0) is 75.3 Å². The minimum atomic E-state index is -1.85. The first-order valence-electron chi connectivity index (χ1n) is 39.1. The number of fused-ring (bicyclic) bond motifs is 1. The topological polar surface area (TPSA) is 547 Å². The van der Waals surface area contributed by atoms with Gasteiger partial charge in [0.1, 0.15) is 66.8 Å². The second-order valence-electron chi connectivity index (χ2n) is 29.5. The zero-order valence-electron chi connectivity index (χ0n) is 67.6. The first kappa shape index (κ1) is 94.0. The zero-order chi connectivity index (χ0) is 85.9. The summed E-state index contributed by atoms with van der Waals surface area (Å²) in [5.41, 5.74) is 26.6. The number of aromatic nitrogens is 1. The van der Waals surface area contributed by atoms with Crippen LogP contribution in [0.5, 0.6) is 0 Å². The second kappa shape index (κ2) is 44.8. The van der Waals surface area contributed by atoms with Gasteiger partial charge < -0.3 is 106 Å². The van der Waals surface area contributed by atoms with Crippen LogP contribution in [0.4, 0.5) is 10.1 Å². The number of carbonyl (C=O) groups is 14. The molecule has 13 amide bonds. The van der Waals surface area contributed by atoms with Gasteiger partial charge in [-0.25, -0.2) is 9.29 Å². The Hall–Kier alpha value is -10.9. The number of rotatable bonds is 32. The van der Waals surface area contributed by atoms with Crippen molar-refractivity contribution < 1.29 is 86.5 Å². The fourth-order valence-electron chi connectivity index (χ4n) is 13.4. The van der Waals surface area contributed by atoms with E-state index in [1.807, 2.05) is 13.8 Å². The molecule has 3 aromatic carbocycles. The van der Waals surface area contributed by atoms with Crippen molar-refractivity contribution in [3.8, 4) is 0 Å². The smallest absolute Gasteiger partial charge is 0.309 e. The molecule has 6 rings (SSSR count). The summed E-state index contributed by atoms with van der Waals surface area (Å²) in [6.45, 7) is 18.3. The molecule has 116 heavy (non-hydrogen) atoms. The Morgan fingerprint density at radius 3 is 1.81 bits per heavy atom. The molecule has 0 saturated carbocycles. The average molecular weight is 1620 g/mol. The van der Waals surface area contributed by atoms with Crippen LogP contribution < -0.4 is 86.3 Å². The number of nitrogens with zero attached hydrogens (tertiary/aromatic N) is 2. The number of benzene rings is 3. The quantitative estimate of drug-likeness (QED) is 0.0151. The Balaban J connectivity index is 1.21. The Bertz CT molecular complexity index is 4210. The van der Waals surface area contributed by atoms with Crippen molar-refractivity contribution in [3.63, 3.8) is 0 Å². The van der Waals surface area contributed by atoms with E-state index in [0.717, 1.165) is 37.0 Å². The third kappa shape index (κ3) is 25.6. The first-order chi connectivity index (χ1) is 55.0. The van der Waals surface area contributed by atoms with Gasteiger partial charge in [-0.15, -0.1) is 0 Å². The number of aliphatic hydroxyl groups excluding tert-OH is 2. The van der Waals surface area contributed by atoms with Crippen molar-refractivity contribution in [1.82, 2.24) is 68.4 Å². The summed E-state index contributed by atoms with van der Waals surface area (Å²) in [5.74, 6) is -16.4. The number of hydrogen-bond donors (Lipinski definition) is 18. The van der Waals surface area contributed by atoms with Crippen LogP contribution in [0.2, 0.25) is 0 Å². The molecule has 0 aliphatic carbocycles. The summed E-state index contributed by atoms with van der Waals surface area (Å²) in [6.07, 6.45) is -3.54. The summed E-state index contributed by atoms with van der Waals surface area (Å²) in [6, 6.07) is 2.42. The average Bonchev–Trinajstić information content (AvgIpc) is 1.60. The number of H-pyrrole nitrogens is 1. The number of imide groups is 1. The van der Waals surface area contributed by atoms with Gasteiger partial charge in [-0.1, -0.05) is 90.1 Å². The Morgan fingerprint density at radius 1 is 0.655 bits per heavy atom. The summed E-state index contributed by atoms with van der Waals surface area (Å²) in [4.78, 5) is 206. The van der Waals surface area contributed by atoms with E-state index in [-0.39, 0.29) is 104 Å². The molecule has 1 saturated heterocycles. The van der Waals surface area contributed by atoms with Gasteiger partial charge in [0.25, 0.3) is 17.7 Å². The normalized spacial score (nSPS) is 20.8. The van der Waals surface area contributed by atoms with Crippen molar-refractivity contribution in [1.29, 1.82) is 0 Å². The lowest BCUT2D eigenvalue weighted by atomic mass is 9.94. The van der Waals surface area contributed by atoms with Crippen LogP contribution in [0, 0.1) is 44.3 Å². The molecule has 634 valence electrons. The highest BCUT2D eigenvalue weighted by Crippen LogP contribution is 2.40. The fraction of sp³-hybridized carbons (Fsp3) is 0.525. The van der Waals surface area contributed by atoms with Gasteiger partial charge in [-0.05, 0) is 159 Å². The van der Waals surface area contributed by atoms with Crippen LogP contribution in [-0.4, -0.2) is 228 Å². The van der Waals surface area contributed by atoms with Crippen LogP contribution in [0.25, 0.3) is 11.6 Å². The number of hydrogen-bond acceptors (Lipinski definition) is 22. The molecule has 0 radical (unpaired) electrons. The van der Waals surface area contributed by atoms with E-state index in [2.05, 4.69) is 68.4 Å². The summed E-state index contributed by atoms with van der Waals surface area (Å²) in [5, 5.41) is 50.3. The number of nitrogens with two attached hydrogens (primary N) is 4. The number of aryl methyl sites for hydroxylation is 2. The van der Waals surface area contributed by atoms with E-state index in [1.165, 1.54) is 39.0 Å². The minimum Gasteiger partial charge on any atom is -0.461 e. The zero-order valence-corrected chi connectivity index (χ0v) is 67.6. The number of nitrogens with one attached hydrogen (secondary N) is 12. The monoisotopic (exact) mass is 1620 g/mol. The molecule has 36 heteroatoms. The molecular weight excluding hydrogens is 1500 g/mol. The fourth-order valence-corrected chi connectivity index (χ4v) is 13.4. The Kier molecular flexibility index (Phi) is 36.3. The lowest BCUT2D eigenvalue weighted by molar-refractivity contribution is -0.153. The summed E-state index contributed by atoms with van der Waals surface area (Å²) >= 11 is 0. The van der Waals surface area contributed by atoms with E-state index in [9.17, 15) is 77.3 Å². The molecule has 13 atom stereocenters. The molecule has 4 aromatic rings. The molecule has 1 fully saturated rings. The van der Waals surface area contributed by atoms with Gasteiger partial charge in [0, 0.05) is 60.1 Å². The van der Waals surface area contributed by atoms with Crippen molar-refractivity contribution in [3.05, 3.63) is 123 Å². The molecule has 2 unspecified atom stereocenters. The number of likely N-dealkylation sites (N-methyl/N-ethyl adjacent to an activating group) is 1. The number of anilines is 1. The molecule has 22 N–H and O–H groups in total. The maximum atomic E-state index is 15.1. The minimum absolute atomic E-state index is 0.0127. The maximum absolute atomic E-state index is 15.1. The van der Waals surface area contributed by atoms with E-state index < -0.39 is 181 Å². The molecule has 1 aromatic heterocycles. The predicted molar refractivity (Wildman–Crippen MR) is 428 cm³/mol. The molecule has 2 aliphatic rings. The molecular formula is C80H115FN18O17. The van der Waals surface area contributed by atoms with Crippen LogP contribution in [0.3, 0.4) is 0 Å². The van der Waals surface area contributed by atoms with Gasteiger partial charge >= 0.3 is 5.97 Å². The Morgan fingerprint density at radius 2 is 1.23 bits per heavy atom. The number of amides is 13. The van der Waals surface area contributed by atoms with Crippen molar-refractivity contribution in [2.45, 2.75) is 194 Å². The van der Waals surface area contributed by atoms with Gasteiger partial charge in [0.2, 0.25) is 59.1 Å². The third-order valence-electron chi connectivity index (χ3n) is 20.3. The SMILES string of the molecule is CCN(CC)CCNC(=O)c1c(C)[nH]c(/C=C2\C(=O)N(C(=O)c3c(C)cccc3COC(=O)C(C)C(C)C(=O)N[C@H](C(=O)N[C@H](CCN)C(=O)N[C@H]3CCNC(=O)[C@@H]([C@@H](C)O)NC(=O)[C@@H](CCN)NC(=O)[C@@H](CCN)NC(=O)[C@@H](CC(C)C)NC(=O)[C@@H](Cc4ccccc4)NC(=O)[C@@H](CCN)NC3=O)[C@@H](C)O)c3ccc(F)cc32)c1C. The summed E-state index contributed by atoms with van der Waals surface area (Å²) in [7, 11) is 0. The standard InChI is InChI=1S/C80H115FN18O17/c1-12-98(13-2)35-34-87-75(110)64-45(8)59(88-46(64)9)39-53-52-38-51(81)22-23-62(52)99(78(53)113)79(114)63-42(5)18-17-21-50(63)40-116-80(115)44(7)43(6)67(102)96-66(48(11)101)77(112)93-56(26-31-84)69(104)92-58-28-33-86-76(111)65(47(10)100)97-72(107)57(27-32-85)90-68(103)54(24-29-82)91-73(108)60(36-41(3)4)94-74(109)61(37-49-19-15-14-16-20-49)95-70(105)55(25-30-83)89-71(58)106/h14-23,38-39,41,43-44,47-48,54-58,60-61,65-66,88,100-101H,12-13,24-37,40,82-85H2,1-11H3,(H,86,111)(H,87,110)(H,89,106)(H,90,103)(H,91,108)(H,92,104)(H,93,112)(H,94,109)(H,95,105)(H,96,102)(H,97,107)/b53-39-/t43?,44?,47-,48-,54-,55-,56-,57-,58+,60-,61-,65-,66+/m1/s1. The maximum Gasteiger partial charge on any atom is 0.309 e. The highest BCUT2D eigenvalue weighted by Gasteiger charge is 2.42. The van der Waals surface area contributed by atoms with Crippen LogP contribution >= 0.6 is 0 Å². The number of aliphatic hydroxyl groups is 2. The lowest BCUT2D eigenvalue weighted by Gasteiger charge is -2.29. The molecule has 35 nitrogen and oxygen atoms in total. The van der Waals surface area contributed by atoms with Crippen molar-refractivity contribution in [2.75, 3.05) is 63.8 Å². The molecule has 0 spiro atoms.